The van der Waals surface area contributed by atoms with Crippen molar-refractivity contribution in [2.75, 3.05) is 13.2 Å². The number of aromatic nitrogens is 2. The second-order valence-electron chi connectivity index (χ2n) is 4.90. The number of hydrogen-bond donors (Lipinski definition) is 1. The standard InChI is InChI=1S/C16H16N2O3/c1-16(20-9-10-21-16)13-4-2-3-12(11-13)14(19)5-6-15-17-7-8-18-15/h2-8,11H,9-10H2,1H3,(H,17,18)/b6-5+. The molecule has 0 atom stereocenters. The number of aromatic amines is 1. The van der Waals surface area contributed by atoms with Crippen molar-refractivity contribution in [3.05, 3.63) is 59.7 Å². The average molecular weight is 284 g/mol. The summed E-state index contributed by atoms with van der Waals surface area (Å²) in [7, 11) is 0. The number of allylic oxidation sites excluding steroid dienone is 1. The first-order chi connectivity index (χ1) is 10.2. The van der Waals surface area contributed by atoms with Crippen LogP contribution in [-0.2, 0) is 15.3 Å². The molecule has 0 aliphatic carbocycles. The van der Waals surface area contributed by atoms with Crippen molar-refractivity contribution in [2.45, 2.75) is 12.7 Å². The highest BCUT2D eigenvalue weighted by molar-refractivity contribution is 6.06. The summed E-state index contributed by atoms with van der Waals surface area (Å²) < 4.78 is 11.2. The van der Waals surface area contributed by atoms with Crippen LogP contribution in [0, 0.1) is 0 Å². The monoisotopic (exact) mass is 284 g/mol. The van der Waals surface area contributed by atoms with Crippen LogP contribution in [0.4, 0.5) is 0 Å². The molecular weight excluding hydrogens is 268 g/mol. The first-order valence-electron chi connectivity index (χ1n) is 6.78. The molecule has 0 saturated carbocycles. The molecule has 5 heteroatoms. The Morgan fingerprint density at radius 2 is 2.19 bits per heavy atom. The molecule has 0 amide bonds. The Hall–Kier alpha value is -2.24. The number of hydrogen-bond acceptors (Lipinski definition) is 4. The molecule has 1 aromatic carbocycles. The summed E-state index contributed by atoms with van der Waals surface area (Å²) in [5.74, 6) is -0.204. The maximum absolute atomic E-state index is 12.2. The van der Waals surface area contributed by atoms with Crippen molar-refractivity contribution in [1.82, 2.24) is 9.97 Å². The molecule has 2 heterocycles. The fraction of sp³-hybridized carbons (Fsp3) is 0.250. The van der Waals surface area contributed by atoms with Crippen molar-refractivity contribution in [1.29, 1.82) is 0 Å². The van der Waals surface area contributed by atoms with E-state index in [-0.39, 0.29) is 5.78 Å². The van der Waals surface area contributed by atoms with Crippen LogP contribution in [0.5, 0.6) is 0 Å². The van der Waals surface area contributed by atoms with Gasteiger partial charge in [0.1, 0.15) is 5.82 Å². The van der Waals surface area contributed by atoms with Crippen LogP contribution in [0.25, 0.3) is 6.08 Å². The lowest BCUT2D eigenvalue weighted by Gasteiger charge is -2.22. The fourth-order valence-corrected chi connectivity index (χ4v) is 2.26. The molecule has 1 N–H and O–H groups in total. The van der Waals surface area contributed by atoms with Crippen LogP contribution in [0.3, 0.4) is 0 Å². The van der Waals surface area contributed by atoms with Gasteiger partial charge in [-0.15, -0.1) is 0 Å². The molecule has 1 fully saturated rings. The Morgan fingerprint density at radius 3 is 2.90 bits per heavy atom. The predicted octanol–water partition coefficient (Wildman–Crippen LogP) is 2.53. The summed E-state index contributed by atoms with van der Waals surface area (Å²) in [5, 5.41) is 0. The van der Waals surface area contributed by atoms with Gasteiger partial charge in [0, 0.05) is 23.5 Å². The van der Waals surface area contributed by atoms with Gasteiger partial charge < -0.3 is 14.5 Å². The van der Waals surface area contributed by atoms with Gasteiger partial charge in [-0.25, -0.2) is 4.98 Å². The molecular formula is C16H16N2O3. The third-order valence-corrected chi connectivity index (χ3v) is 3.42. The van der Waals surface area contributed by atoms with Crippen molar-refractivity contribution in [3.63, 3.8) is 0 Å². The highest BCUT2D eigenvalue weighted by Crippen LogP contribution is 2.31. The van der Waals surface area contributed by atoms with Gasteiger partial charge in [0.25, 0.3) is 0 Å². The lowest BCUT2D eigenvalue weighted by atomic mass is 10.0. The number of ether oxygens (including phenoxy) is 2. The van der Waals surface area contributed by atoms with Gasteiger partial charge in [0.15, 0.2) is 11.6 Å². The van der Waals surface area contributed by atoms with Crippen LogP contribution < -0.4 is 0 Å². The minimum atomic E-state index is -0.763. The minimum Gasteiger partial charge on any atom is -0.345 e. The number of carbonyl (C=O) groups excluding carboxylic acids is 1. The Kier molecular flexibility index (Phi) is 3.68. The number of rotatable bonds is 4. The number of nitrogens with one attached hydrogen (secondary N) is 1. The van der Waals surface area contributed by atoms with Crippen molar-refractivity contribution < 1.29 is 14.3 Å². The SMILES string of the molecule is CC1(c2cccc(C(=O)/C=C/c3ncc[nH]3)c2)OCCO1. The Morgan fingerprint density at radius 1 is 1.38 bits per heavy atom. The number of benzene rings is 1. The van der Waals surface area contributed by atoms with E-state index >= 15 is 0 Å². The zero-order chi connectivity index (χ0) is 14.7. The van der Waals surface area contributed by atoms with E-state index in [1.807, 2.05) is 19.1 Å². The zero-order valence-corrected chi connectivity index (χ0v) is 11.7. The summed E-state index contributed by atoms with van der Waals surface area (Å²) in [5.41, 5.74) is 1.44. The summed E-state index contributed by atoms with van der Waals surface area (Å²) >= 11 is 0. The maximum atomic E-state index is 12.2. The van der Waals surface area contributed by atoms with Crippen molar-refractivity contribution in [2.24, 2.45) is 0 Å². The van der Waals surface area contributed by atoms with Gasteiger partial charge >= 0.3 is 0 Å². The lowest BCUT2D eigenvalue weighted by Crippen LogP contribution is -2.22. The van der Waals surface area contributed by atoms with Gasteiger partial charge in [-0.1, -0.05) is 18.2 Å². The first kappa shape index (κ1) is 13.7. The van der Waals surface area contributed by atoms with Gasteiger partial charge in [0.2, 0.25) is 0 Å². The van der Waals surface area contributed by atoms with Crippen molar-refractivity contribution >= 4 is 11.9 Å². The van der Waals surface area contributed by atoms with E-state index in [0.29, 0.717) is 24.6 Å². The van der Waals surface area contributed by atoms with Gasteiger partial charge in [0.05, 0.1) is 13.2 Å². The average Bonchev–Trinajstić information content (AvgIpc) is 3.17. The molecule has 2 aromatic rings. The predicted molar refractivity (Wildman–Crippen MR) is 77.7 cm³/mol. The normalized spacial score (nSPS) is 17.4. The molecule has 1 aliphatic heterocycles. The molecule has 0 unspecified atom stereocenters. The molecule has 21 heavy (non-hydrogen) atoms. The van der Waals surface area contributed by atoms with E-state index in [1.54, 1.807) is 30.6 Å². The van der Waals surface area contributed by atoms with Crippen LogP contribution in [0.1, 0.15) is 28.7 Å². The van der Waals surface area contributed by atoms with Crippen LogP contribution in [0.2, 0.25) is 0 Å². The van der Waals surface area contributed by atoms with E-state index in [0.717, 1.165) is 5.56 Å². The van der Waals surface area contributed by atoms with E-state index in [2.05, 4.69) is 9.97 Å². The van der Waals surface area contributed by atoms with Crippen molar-refractivity contribution in [3.8, 4) is 0 Å². The highest BCUT2D eigenvalue weighted by Gasteiger charge is 2.33. The minimum absolute atomic E-state index is 0.0881. The smallest absolute Gasteiger partial charge is 0.192 e. The van der Waals surface area contributed by atoms with E-state index < -0.39 is 5.79 Å². The maximum Gasteiger partial charge on any atom is 0.192 e. The molecule has 5 nitrogen and oxygen atoms in total. The molecule has 3 rings (SSSR count). The number of imidazole rings is 1. The second kappa shape index (κ2) is 5.63. The summed E-state index contributed by atoms with van der Waals surface area (Å²) in [6.07, 6.45) is 6.50. The molecule has 108 valence electrons. The quantitative estimate of drug-likeness (QED) is 0.692. The third kappa shape index (κ3) is 2.94. The van der Waals surface area contributed by atoms with Gasteiger partial charge in [-0.3, -0.25) is 4.79 Å². The van der Waals surface area contributed by atoms with Gasteiger partial charge in [-0.2, -0.15) is 0 Å². The molecule has 1 aromatic heterocycles. The third-order valence-electron chi connectivity index (χ3n) is 3.42. The zero-order valence-electron chi connectivity index (χ0n) is 11.7. The molecule has 1 aliphatic rings. The van der Waals surface area contributed by atoms with Crippen LogP contribution in [0.15, 0.2) is 42.7 Å². The number of ketones is 1. The molecule has 1 saturated heterocycles. The van der Waals surface area contributed by atoms with E-state index in [4.69, 9.17) is 9.47 Å². The summed E-state index contributed by atoms with van der Waals surface area (Å²) in [6, 6.07) is 7.31. The number of nitrogens with zero attached hydrogens (tertiary/aromatic N) is 1. The second-order valence-corrected chi connectivity index (χ2v) is 4.90. The Balaban J connectivity index is 1.81. The molecule has 0 spiro atoms. The van der Waals surface area contributed by atoms with Crippen LogP contribution in [-0.4, -0.2) is 29.0 Å². The topological polar surface area (TPSA) is 64.2 Å². The number of carbonyl (C=O) groups is 1. The van der Waals surface area contributed by atoms with Crippen LogP contribution >= 0.6 is 0 Å². The van der Waals surface area contributed by atoms with E-state index in [9.17, 15) is 4.79 Å². The Bertz CT molecular complexity index is 656. The summed E-state index contributed by atoms with van der Waals surface area (Å²) in [4.78, 5) is 19.2. The number of H-pyrrole nitrogens is 1. The molecule has 0 radical (unpaired) electrons. The van der Waals surface area contributed by atoms with E-state index in [1.165, 1.54) is 6.08 Å². The first-order valence-corrected chi connectivity index (χ1v) is 6.78. The largest absolute Gasteiger partial charge is 0.345 e. The highest BCUT2D eigenvalue weighted by atomic mass is 16.7. The van der Waals surface area contributed by atoms with Gasteiger partial charge in [-0.05, 0) is 25.1 Å². The Labute approximate surface area is 122 Å². The summed E-state index contributed by atoms with van der Waals surface area (Å²) in [6.45, 7) is 2.99. The lowest BCUT2D eigenvalue weighted by molar-refractivity contribution is -0.149. The fourth-order valence-electron chi connectivity index (χ4n) is 2.26. The molecule has 0 bridgehead atoms.